The fourth-order valence-electron chi connectivity index (χ4n) is 11.3. The number of rotatable bonds is 24. The topological polar surface area (TPSA) is 697 Å². The van der Waals surface area contributed by atoms with Gasteiger partial charge in [0.15, 0.2) is 65.3 Å². The first-order valence-corrected chi connectivity index (χ1v) is 35.1. The summed E-state index contributed by atoms with van der Waals surface area (Å²) in [6.45, 7) is -5.70. The second kappa shape index (κ2) is 25.1. The number of anilines is 4. The van der Waals surface area contributed by atoms with Crippen molar-refractivity contribution in [2.24, 2.45) is 7.05 Å². The zero-order valence-electron chi connectivity index (χ0n) is 48.5. The summed E-state index contributed by atoms with van der Waals surface area (Å²) in [6.07, 6.45) is -21.9. The van der Waals surface area contributed by atoms with E-state index in [0.717, 1.165) is 45.3 Å². The van der Waals surface area contributed by atoms with E-state index in [-0.39, 0.29) is 68.2 Å². The second-order valence-electron chi connectivity index (χ2n) is 21.9. The summed E-state index contributed by atoms with van der Waals surface area (Å²) < 4.78 is 159. The molecule has 5 aliphatic rings. The number of hydrogen-bond donors (Lipinski definition) is 15. The van der Waals surface area contributed by atoms with Crippen LogP contribution in [0.25, 0.3) is 44.7 Å². The Morgan fingerprint density at radius 1 is 0.619 bits per heavy atom. The van der Waals surface area contributed by atoms with Gasteiger partial charge in [-0.3, -0.25) is 65.0 Å². The maximum Gasteiger partial charge on any atom is 0.490 e. The number of aliphatic hydroxyl groups is 4. The Hall–Kier alpha value is -6.80. The number of phosphoric ester groups is 4. The summed E-state index contributed by atoms with van der Waals surface area (Å²) in [7, 11) is -28.5. The second-order valence-corrected chi connectivity index (χ2v) is 29.4. The molecule has 21 atom stereocenters. The molecule has 5 fully saturated rings. The van der Waals surface area contributed by atoms with Crippen LogP contribution in [0.1, 0.15) is 24.9 Å². The molecule has 97 heavy (non-hydrogen) atoms. The third-order valence-corrected chi connectivity index (χ3v) is 21.8. The number of alkyl halides is 1. The van der Waals surface area contributed by atoms with Gasteiger partial charge >= 0.3 is 44.8 Å². The summed E-state index contributed by atoms with van der Waals surface area (Å²) in [5, 5.41) is 43.6. The van der Waals surface area contributed by atoms with Crippen molar-refractivity contribution >= 4 is 107 Å². The lowest BCUT2D eigenvalue weighted by molar-refractivity contribution is -0.745. The van der Waals surface area contributed by atoms with Gasteiger partial charge in [-0.15, -0.1) is 0 Å². The molecule has 0 amide bonds. The number of H-pyrrole nitrogens is 2. The Bertz CT molecular complexity index is 4780. The van der Waals surface area contributed by atoms with E-state index in [1.165, 1.54) is 22.5 Å². The molecule has 19 N–H and O–H groups in total. The van der Waals surface area contributed by atoms with E-state index in [1.807, 2.05) is 0 Å². The number of nitrogen functional groups attached to an aromatic ring is 4. The molecule has 5 saturated heterocycles. The number of fused-ring (bicyclic) bond motifs is 6. The number of nitrogens with zero attached hydrogens (tertiary/aromatic N) is 14. The summed E-state index contributed by atoms with van der Waals surface area (Å²) in [6, 6.07) is 0. The summed E-state index contributed by atoms with van der Waals surface area (Å²) in [4.78, 5) is 120. The van der Waals surface area contributed by atoms with Crippen LogP contribution >= 0.6 is 39.1 Å². The molecule has 8 aromatic heterocycles. The van der Waals surface area contributed by atoms with E-state index in [9.17, 15) is 77.3 Å². The minimum atomic E-state index is -6.35. The molecule has 13 rings (SSSR count). The molecule has 526 valence electrons. The molecule has 0 aromatic carbocycles. The average Bonchev–Trinajstić information content (AvgIpc) is 1.52. The number of halogens is 1. The maximum atomic E-state index is 17.1. The molecule has 49 nitrogen and oxygen atoms in total. The summed E-state index contributed by atoms with van der Waals surface area (Å²) in [5.41, 5.74) is 18.6. The van der Waals surface area contributed by atoms with Crippen LogP contribution in [-0.2, 0) is 89.3 Å². The van der Waals surface area contributed by atoms with Gasteiger partial charge in [-0.1, -0.05) is 4.98 Å². The van der Waals surface area contributed by atoms with Gasteiger partial charge in [0.25, 0.3) is 17.1 Å². The minimum absolute atomic E-state index is 0.00256. The lowest BCUT2D eigenvalue weighted by Crippen LogP contribution is -2.46. The molecule has 0 radical (unpaired) electrons. The van der Waals surface area contributed by atoms with E-state index in [1.54, 1.807) is 0 Å². The molecular formula is C42H53FN20O29P5+. The highest BCUT2D eigenvalue weighted by atomic mass is 31.3. The Morgan fingerprint density at radius 3 is 1.78 bits per heavy atom. The van der Waals surface area contributed by atoms with Crippen LogP contribution in [0.4, 0.5) is 27.9 Å². The van der Waals surface area contributed by atoms with Gasteiger partial charge in [0.2, 0.25) is 17.7 Å². The first kappa shape index (κ1) is 68.7. The Morgan fingerprint density at radius 2 is 1.14 bits per heavy atom. The van der Waals surface area contributed by atoms with Crippen LogP contribution in [0, 0.1) is 0 Å². The van der Waals surface area contributed by atoms with Crippen molar-refractivity contribution in [1.82, 2.24) is 73.1 Å². The van der Waals surface area contributed by atoms with Crippen molar-refractivity contribution in [3.8, 4) is 0 Å². The minimum Gasteiger partial charge on any atom is -0.387 e. The van der Waals surface area contributed by atoms with Gasteiger partial charge in [-0.2, -0.15) is 13.6 Å². The molecule has 0 aliphatic carbocycles. The number of hydrogen-bond acceptors (Lipinski definition) is 37. The van der Waals surface area contributed by atoms with E-state index in [0.29, 0.717) is 0 Å². The molecule has 0 spiro atoms. The first-order chi connectivity index (χ1) is 45.6. The SMILES string of the molecule is Cn1c[n+]([C@@H]2O[C@H](COP(=O)(O)OP(=O)(O)OP(=O)(O)OC[C@H]3O[C@@H](n4cnc5c(N)ncnc54)[C@@H](F)C3OP(=O)(O)OC[C@]34CO[C@@H](C3OP(=O)(O)OC[C@H]3O[C@@H](n5cnc6c(=O)[nH]c(N)nc65)[C@@H](O)C3O)[C@H](n3cnc5c(N)ncnc53)O4)[C@H](O)C2O)c2nc(N)[nH]c(=O)c21. The Labute approximate surface area is 534 Å². The van der Waals surface area contributed by atoms with Crippen molar-refractivity contribution in [1.29, 1.82) is 0 Å². The molecular weight excluding hydrogens is 1420 g/mol. The van der Waals surface area contributed by atoms with Crippen molar-refractivity contribution in [3.05, 3.63) is 58.7 Å². The summed E-state index contributed by atoms with van der Waals surface area (Å²) in [5.74, 6) is -1.01. The van der Waals surface area contributed by atoms with Gasteiger partial charge in [0.1, 0.15) is 90.3 Å². The normalized spacial score (nSPS) is 32.1. The zero-order chi connectivity index (χ0) is 69.4. The van der Waals surface area contributed by atoms with E-state index in [2.05, 4.69) is 63.4 Å². The van der Waals surface area contributed by atoms with Crippen molar-refractivity contribution in [2.75, 3.05) is 56.0 Å². The van der Waals surface area contributed by atoms with E-state index < -0.39 is 181 Å². The van der Waals surface area contributed by atoms with Crippen LogP contribution in [0.2, 0.25) is 0 Å². The standard InChI is InChI=1S/C42H52FN20O29P5/c1-59-12-63(33-20(59)35(69)58-41(47)56-33)38-24(67)22(65)14(86-38)3-82-95(74,75)91-97(78,79)92-96(76,77)83-4-15-25(16(43)36(87-15)60-9-52-17-28(44)48-7-50-30(17)60)89-94(72,73)84-6-42-5-80-26(39(88-42)61-10-53-18-29(45)49-8-51-31(18)61)27(42)90-93(70,71)81-2-13-21(64)23(66)37(85-13)62-11-54-19-32(62)55-40(46)57-34(19)68/h7-16,21-27,36-39,64-67H,2-6H2,1H3,(H14-,44,45,46,47,48,49,50,51,55,56,57,58,68,69,70,71,72,73,74,75,76,77,78,79)/p+1/t13-,14-,15-,16+,21?,22+,23+,24?,25?,26+,27?,36-,37-,38-,39-,42-/m1/s1. The number of aromatic amines is 2. The largest absolute Gasteiger partial charge is 0.490 e. The van der Waals surface area contributed by atoms with Crippen LogP contribution < -0.4 is 38.6 Å². The maximum absolute atomic E-state index is 17.1. The van der Waals surface area contributed by atoms with Crippen molar-refractivity contribution in [3.63, 3.8) is 0 Å². The number of aliphatic hydroxyl groups excluding tert-OH is 4. The van der Waals surface area contributed by atoms with Crippen LogP contribution in [-0.4, -0.2) is 224 Å². The number of nitrogens with one attached hydrogen (secondary N) is 2. The molecule has 13 heterocycles. The molecule has 2 bridgehead atoms. The van der Waals surface area contributed by atoms with Gasteiger partial charge in [-0.05, 0) is 0 Å². The van der Waals surface area contributed by atoms with Gasteiger partial charge in [-0.25, -0.2) is 66.7 Å². The fourth-order valence-corrected chi connectivity index (χ4v) is 16.8. The highest BCUT2D eigenvalue weighted by Crippen LogP contribution is 2.68. The lowest BCUT2D eigenvalue weighted by atomic mass is 10.0. The number of nitrogens with two attached hydrogens (primary N) is 4. The Kier molecular flexibility index (Phi) is 17.8. The molecule has 0 saturated carbocycles. The number of phosphoric acid groups is 5. The smallest absolute Gasteiger partial charge is 0.387 e. The highest BCUT2D eigenvalue weighted by Gasteiger charge is 2.66. The number of imidazole rings is 4. The predicted molar refractivity (Wildman–Crippen MR) is 306 cm³/mol. The first-order valence-electron chi connectivity index (χ1n) is 27.6. The summed E-state index contributed by atoms with van der Waals surface area (Å²) >= 11 is 0. The quantitative estimate of drug-likeness (QED) is 0.0199. The van der Waals surface area contributed by atoms with Crippen LogP contribution in [0.3, 0.4) is 0 Å². The van der Waals surface area contributed by atoms with E-state index >= 15 is 4.39 Å². The molecule has 55 heteroatoms. The number of ether oxygens (including phenoxy) is 5. The molecule has 8 aromatic rings. The van der Waals surface area contributed by atoms with Gasteiger partial charge in [0.05, 0.1) is 59.1 Å². The number of aromatic nitrogens is 16. The van der Waals surface area contributed by atoms with Gasteiger partial charge in [0, 0.05) is 0 Å². The van der Waals surface area contributed by atoms with E-state index in [4.69, 9.17) is 73.8 Å². The molecule has 5 aliphatic heterocycles. The Balaban J connectivity index is 0.698. The average molecular weight is 1480 g/mol. The number of aryl methyl sites for hydroxylation is 1. The van der Waals surface area contributed by atoms with Crippen molar-refractivity contribution < 1.29 is 136 Å². The monoisotopic (exact) mass is 1480 g/mol. The van der Waals surface area contributed by atoms with Crippen molar-refractivity contribution in [2.45, 2.75) is 97.7 Å². The van der Waals surface area contributed by atoms with Gasteiger partial charge < -0.3 is 91.5 Å². The predicted octanol–water partition coefficient (Wildman–Crippen LogP) is -4.80. The lowest BCUT2D eigenvalue weighted by Gasteiger charge is -2.32. The zero-order valence-corrected chi connectivity index (χ0v) is 53.0. The van der Waals surface area contributed by atoms with Crippen LogP contribution in [0.5, 0.6) is 0 Å². The fraction of sp³-hybridized carbons (Fsp3) is 0.524. The molecule has 9 unspecified atom stereocenters. The third kappa shape index (κ3) is 13.0. The van der Waals surface area contributed by atoms with Crippen LogP contribution in [0.15, 0.2) is 47.6 Å². The highest BCUT2D eigenvalue weighted by molar-refractivity contribution is 7.66. The third-order valence-electron chi connectivity index (χ3n) is 15.6.